The first-order valence-electron chi connectivity index (χ1n) is 5.37. The Morgan fingerprint density at radius 1 is 1.35 bits per heavy atom. The summed E-state index contributed by atoms with van der Waals surface area (Å²) in [6.45, 7) is 2.56. The topological polar surface area (TPSA) is 115 Å². The van der Waals surface area contributed by atoms with Crippen molar-refractivity contribution in [1.82, 2.24) is 14.9 Å². The molecule has 7 heteroatoms. The largest absolute Gasteiger partial charge is 0.395 e. The van der Waals surface area contributed by atoms with Gasteiger partial charge in [0.25, 0.3) is 5.56 Å². The highest BCUT2D eigenvalue weighted by Gasteiger charge is 2.12. The van der Waals surface area contributed by atoms with Crippen molar-refractivity contribution in [3.05, 3.63) is 21.7 Å². The Kier molecular flexibility index (Phi) is 5.08. The number of nitrogens with two attached hydrogens (primary N) is 1. The van der Waals surface area contributed by atoms with E-state index in [1.807, 2.05) is 0 Å². The molecule has 0 bridgehead atoms. The average Bonchev–Trinajstić information content (AvgIpc) is 2.23. The molecule has 7 nitrogen and oxygen atoms in total. The molecule has 0 atom stereocenters. The maximum Gasteiger partial charge on any atom is 0.257 e. The van der Waals surface area contributed by atoms with Crippen molar-refractivity contribution in [2.45, 2.75) is 13.5 Å². The Balaban J connectivity index is 2.89. The van der Waals surface area contributed by atoms with Gasteiger partial charge in [0.05, 0.1) is 18.8 Å². The zero-order valence-electron chi connectivity index (χ0n) is 9.81. The van der Waals surface area contributed by atoms with E-state index in [1.165, 1.54) is 0 Å². The minimum atomic E-state index is -0.282. The van der Waals surface area contributed by atoms with Crippen LogP contribution in [0.2, 0.25) is 0 Å². The van der Waals surface area contributed by atoms with E-state index in [1.54, 1.807) is 11.8 Å². The van der Waals surface area contributed by atoms with Crippen molar-refractivity contribution in [2.75, 3.05) is 32.0 Å². The summed E-state index contributed by atoms with van der Waals surface area (Å²) in [4.78, 5) is 20.0. The monoisotopic (exact) mass is 242 g/mol. The molecule has 0 amide bonds. The van der Waals surface area contributed by atoms with Crippen LogP contribution in [0.15, 0.2) is 4.79 Å². The first-order valence-corrected chi connectivity index (χ1v) is 5.37. The third-order valence-electron chi connectivity index (χ3n) is 2.38. The molecule has 1 rings (SSSR count). The lowest BCUT2D eigenvalue weighted by Crippen LogP contribution is -2.33. The molecule has 96 valence electrons. The van der Waals surface area contributed by atoms with Gasteiger partial charge in [0.2, 0.25) is 0 Å². The Morgan fingerprint density at radius 3 is 2.41 bits per heavy atom. The lowest BCUT2D eigenvalue weighted by Gasteiger charge is -2.20. The average molecular weight is 242 g/mol. The van der Waals surface area contributed by atoms with E-state index >= 15 is 0 Å². The number of anilines is 1. The summed E-state index contributed by atoms with van der Waals surface area (Å²) in [7, 11) is 0. The molecule has 0 saturated carbocycles. The highest BCUT2D eigenvalue weighted by Crippen LogP contribution is 2.06. The van der Waals surface area contributed by atoms with E-state index < -0.39 is 0 Å². The molecule has 5 N–H and O–H groups in total. The molecular weight excluding hydrogens is 224 g/mol. The lowest BCUT2D eigenvalue weighted by atomic mass is 10.2. The van der Waals surface area contributed by atoms with Crippen LogP contribution in [-0.4, -0.2) is 51.4 Å². The molecule has 0 saturated heterocycles. The summed E-state index contributed by atoms with van der Waals surface area (Å²) in [6.07, 6.45) is 0. The number of nitrogen functional groups attached to an aromatic ring is 1. The number of aliphatic hydroxyl groups excluding tert-OH is 2. The zero-order chi connectivity index (χ0) is 12.8. The maximum absolute atomic E-state index is 11.7. The van der Waals surface area contributed by atoms with Crippen LogP contribution in [-0.2, 0) is 6.54 Å². The number of hydrogen-bond acceptors (Lipinski definition) is 6. The quantitative estimate of drug-likeness (QED) is 0.480. The Labute approximate surface area is 98.9 Å². The summed E-state index contributed by atoms with van der Waals surface area (Å²) in [6, 6.07) is 0. The van der Waals surface area contributed by atoms with Gasteiger partial charge < -0.3 is 20.9 Å². The Hall–Kier alpha value is -1.44. The van der Waals surface area contributed by atoms with Crippen LogP contribution < -0.4 is 11.3 Å². The molecule has 17 heavy (non-hydrogen) atoms. The summed E-state index contributed by atoms with van der Waals surface area (Å²) in [5.74, 6) is 0.652. The highest BCUT2D eigenvalue weighted by atomic mass is 16.3. The first kappa shape index (κ1) is 13.6. The predicted molar refractivity (Wildman–Crippen MR) is 63.5 cm³/mol. The fourth-order valence-electron chi connectivity index (χ4n) is 1.56. The molecule has 1 heterocycles. The van der Waals surface area contributed by atoms with Gasteiger partial charge in [-0.1, -0.05) is 0 Å². The number of rotatable bonds is 6. The van der Waals surface area contributed by atoms with E-state index in [0.29, 0.717) is 24.5 Å². The first-order chi connectivity index (χ1) is 8.08. The SMILES string of the molecule is Cc1nc(N)c(CN(CCO)CCO)c(=O)[nH]1. The van der Waals surface area contributed by atoms with Crippen molar-refractivity contribution in [3.63, 3.8) is 0 Å². The predicted octanol–water partition coefficient (Wildman–Crippen LogP) is -1.55. The molecule has 0 fully saturated rings. The molecule has 0 spiro atoms. The van der Waals surface area contributed by atoms with Gasteiger partial charge in [0.1, 0.15) is 11.6 Å². The minimum Gasteiger partial charge on any atom is -0.395 e. The van der Waals surface area contributed by atoms with Gasteiger partial charge >= 0.3 is 0 Å². The highest BCUT2D eigenvalue weighted by molar-refractivity contribution is 5.37. The molecular formula is C10H18N4O3. The van der Waals surface area contributed by atoms with Crippen LogP contribution in [0.3, 0.4) is 0 Å². The van der Waals surface area contributed by atoms with Gasteiger partial charge in [-0.2, -0.15) is 0 Å². The van der Waals surface area contributed by atoms with E-state index in [2.05, 4.69) is 9.97 Å². The maximum atomic E-state index is 11.7. The van der Waals surface area contributed by atoms with Crippen LogP contribution in [0.25, 0.3) is 0 Å². The van der Waals surface area contributed by atoms with E-state index in [9.17, 15) is 4.79 Å². The summed E-state index contributed by atoms with van der Waals surface area (Å²) >= 11 is 0. The number of aliphatic hydroxyl groups is 2. The second-order valence-corrected chi connectivity index (χ2v) is 3.74. The third-order valence-corrected chi connectivity index (χ3v) is 2.38. The molecule has 0 radical (unpaired) electrons. The second kappa shape index (κ2) is 6.33. The number of aryl methyl sites for hydroxylation is 1. The number of nitrogens with one attached hydrogen (secondary N) is 1. The standard InChI is InChI=1S/C10H18N4O3/c1-7-12-9(11)8(10(17)13-7)6-14(2-4-15)3-5-16/h15-16H,2-6H2,1H3,(H3,11,12,13,17). The van der Waals surface area contributed by atoms with Crippen LogP contribution in [0.5, 0.6) is 0 Å². The number of hydrogen-bond donors (Lipinski definition) is 4. The van der Waals surface area contributed by atoms with E-state index in [0.717, 1.165) is 0 Å². The van der Waals surface area contributed by atoms with Gasteiger partial charge in [-0.3, -0.25) is 9.69 Å². The van der Waals surface area contributed by atoms with Crippen molar-refractivity contribution < 1.29 is 10.2 Å². The minimum absolute atomic E-state index is 0.0445. The normalized spacial score (nSPS) is 11.1. The van der Waals surface area contributed by atoms with E-state index in [-0.39, 0.29) is 31.1 Å². The molecule has 0 aliphatic heterocycles. The van der Waals surface area contributed by atoms with Gasteiger partial charge in [-0.15, -0.1) is 0 Å². The molecule has 1 aromatic heterocycles. The third kappa shape index (κ3) is 3.81. The van der Waals surface area contributed by atoms with Crippen molar-refractivity contribution in [2.24, 2.45) is 0 Å². The van der Waals surface area contributed by atoms with Crippen LogP contribution >= 0.6 is 0 Å². The number of nitrogens with zero attached hydrogens (tertiary/aromatic N) is 2. The number of aromatic nitrogens is 2. The van der Waals surface area contributed by atoms with Crippen molar-refractivity contribution in [3.8, 4) is 0 Å². The van der Waals surface area contributed by atoms with Gasteiger partial charge in [0.15, 0.2) is 0 Å². The van der Waals surface area contributed by atoms with Gasteiger partial charge in [-0.25, -0.2) is 4.98 Å². The summed E-state index contributed by atoms with van der Waals surface area (Å²) in [5, 5.41) is 17.7. The van der Waals surface area contributed by atoms with Crippen LogP contribution in [0.1, 0.15) is 11.4 Å². The molecule has 1 aromatic rings. The molecule has 0 aliphatic rings. The van der Waals surface area contributed by atoms with Crippen molar-refractivity contribution >= 4 is 5.82 Å². The molecule has 0 aliphatic carbocycles. The Morgan fingerprint density at radius 2 is 1.94 bits per heavy atom. The van der Waals surface area contributed by atoms with Gasteiger partial charge in [0, 0.05) is 19.6 Å². The van der Waals surface area contributed by atoms with Gasteiger partial charge in [-0.05, 0) is 6.92 Å². The zero-order valence-corrected chi connectivity index (χ0v) is 9.81. The molecule has 0 unspecified atom stereocenters. The fraction of sp³-hybridized carbons (Fsp3) is 0.600. The van der Waals surface area contributed by atoms with Crippen molar-refractivity contribution in [1.29, 1.82) is 0 Å². The summed E-state index contributed by atoms with van der Waals surface area (Å²) in [5.41, 5.74) is 5.76. The number of H-pyrrole nitrogens is 1. The summed E-state index contributed by atoms with van der Waals surface area (Å²) < 4.78 is 0. The van der Waals surface area contributed by atoms with Crippen LogP contribution in [0, 0.1) is 6.92 Å². The fourth-order valence-corrected chi connectivity index (χ4v) is 1.56. The lowest BCUT2D eigenvalue weighted by molar-refractivity contribution is 0.155. The Bertz CT molecular complexity index is 413. The van der Waals surface area contributed by atoms with E-state index in [4.69, 9.17) is 15.9 Å². The smallest absolute Gasteiger partial charge is 0.257 e. The second-order valence-electron chi connectivity index (χ2n) is 3.74. The van der Waals surface area contributed by atoms with Crippen LogP contribution in [0.4, 0.5) is 5.82 Å². The number of aromatic amines is 1. The molecule has 0 aromatic carbocycles.